The molecule has 0 aliphatic heterocycles. The minimum Gasteiger partial charge on any atom is -0.0959 e. The summed E-state index contributed by atoms with van der Waals surface area (Å²) in [5.74, 6) is 0. The Balaban J connectivity index is 3.50. The average molecular weight is 142 g/mol. The molecule has 0 N–H and O–H groups in total. The van der Waals surface area contributed by atoms with Crippen molar-refractivity contribution >= 4 is 10.2 Å². The molecular formula is C8H18Si. The summed E-state index contributed by atoms with van der Waals surface area (Å²) < 4.78 is 0. The van der Waals surface area contributed by atoms with Crippen LogP contribution in [0.3, 0.4) is 0 Å². The third-order valence-corrected chi connectivity index (χ3v) is 2.61. The van der Waals surface area contributed by atoms with E-state index in [0.29, 0.717) is 0 Å². The topological polar surface area (TPSA) is 0 Å². The Hall–Kier alpha value is -0.0431. The predicted octanol–water partition coefficient (Wildman–Crippen LogP) is 1.84. The van der Waals surface area contributed by atoms with Gasteiger partial charge in [-0.25, -0.2) is 0 Å². The van der Waals surface area contributed by atoms with Gasteiger partial charge in [-0.05, 0) is 26.7 Å². The maximum Gasteiger partial charge on any atom is 0.0328 e. The standard InChI is InChI=1S/C8H18Si/c1-4-5-6-7(2)8(3)9/h4-6H2,1-3,9H3. The van der Waals surface area contributed by atoms with Crippen LogP contribution < -0.4 is 0 Å². The van der Waals surface area contributed by atoms with Crippen LogP contribution in [0.15, 0.2) is 10.8 Å². The number of hydrogen-bond acceptors (Lipinski definition) is 0. The van der Waals surface area contributed by atoms with Gasteiger partial charge in [-0.15, -0.1) is 0 Å². The summed E-state index contributed by atoms with van der Waals surface area (Å²) in [5.41, 5.74) is 1.63. The molecule has 0 atom stereocenters. The molecule has 0 aliphatic rings. The van der Waals surface area contributed by atoms with Gasteiger partial charge in [0.05, 0.1) is 0 Å². The van der Waals surface area contributed by atoms with Crippen molar-refractivity contribution in [2.75, 3.05) is 0 Å². The average Bonchev–Trinajstić information content (AvgIpc) is 1.82. The molecule has 0 aromatic heterocycles. The molecule has 0 aromatic carbocycles. The quantitative estimate of drug-likeness (QED) is 0.527. The highest BCUT2D eigenvalue weighted by molar-refractivity contribution is 6.21. The predicted molar refractivity (Wildman–Crippen MR) is 47.8 cm³/mol. The third kappa shape index (κ3) is 4.46. The van der Waals surface area contributed by atoms with Crippen molar-refractivity contribution in [1.29, 1.82) is 0 Å². The number of hydrogen-bond donors (Lipinski definition) is 0. The van der Waals surface area contributed by atoms with Crippen molar-refractivity contribution < 1.29 is 0 Å². The lowest BCUT2D eigenvalue weighted by atomic mass is 10.1. The molecule has 1 heteroatoms. The summed E-state index contributed by atoms with van der Waals surface area (Å²) in [6.07, 6.45) is 4.02. The molecule has 54 valence electrons. The lowest BCUT2D eigenvalue weighted by Crippen LogP contribution is -1.83. The van der Waals surface area contributed by atoms with Crippen LogP contribution in [-0.2, 0) is 0 Å². The van der Waals surface area contributed by atoms with Crippen molar-refractivity contribution in [3.8, 4) is 0 Å². The fraction of sp³-hybridized carbons (Fsp3) is 0.750. The Bertz CT molecular complexity index is 99.1. The molecule has 0 saturated heterocycles. The summed E-state index contributed by atoms with van der Waals surface area (Å²) in [6, 6.07) is 0. The SMILES string of the molecule is CCCCC(C)=C(C)[SiH3]. The minimum atomic E-state index is 1.25. The van der Waals surface area contributed by atoms with Gasteiger partial charge in [0.2, 0.25) is 0 Å². The lowest BCUT2D eigenvalue weighted by Gasteiger charge is -2.00. The fourth-order valence-corrected chi connectivity index (χ4v) is 0.942. The number of rotatable bonds is 3. The van der Waals surface area contributed by atoms with Crippen molar-refractivity contribution in [3.05, 3.63) is 10.8 Å². The van der Waals surface area contributed by atoms with Crippen LogP contribution in [0.4, 0.5) is 0 Å². The highest BCUT2D eigenvalue weighted by Gasteiger charge is 1.89. The first-order chi connectivity index (χ1) is 4.18. The molecule has 0 rings (SSSR count). The van der Waals surface area contributed by atoms with Crippen LogP contribution >= 0.6 is 0 Å². The molecule has 0 spiro atoms. The van der Waals surface area contributed by atoms with Gasteiger partial charge in [-0.2, -0.15) is 0 Å². The van der Waals surface area contributed by atoms with Crippen molar-refractivity contribution in [2.24, 2.45) is 0 Å². The second kappa shape index (κ2) is 4.80. The molecular weight excluding hydrogens is 124 g/mol. The fourth-order valence-electron chi connectivity index (χ4n) is 0.692. The van der Waals surface area contributed by atoms with Gasteiger partial charge in [0.25, 0.3) is 0 Å². The molecule has 9 heavy (non-hydrogen) atoms. The zero-order chi connectivity index (χ0) is 7.28. The zero-order valence-electron chi connectivity index (χ0n) is 7.12. The maximum atomic E-state index is 2.26. The molecule has 0 amide bonds. The zero-order valence-corrected chi connectivity index (χ0v) is 9.12. The van der Waals surface area contributed by atoms with Gasteiger partial charge in [-0.1, -0.05) is 24.1 Å². The first-order valence-electron chi connectivity index (χ1n) is 3.81. The van der Waals surface area contributed by atoms with Crippen LogP contribution in [-0.4, -0.2) is 10.2 Å². The smallest absolute Gasteiger partial charge is 0.0328 e. The number of allylic oxidation sites excluding steroid dienone is 2. The van der Waals surface area contributed by atoms with E-state index < -0.39 is 0 Å². The van der Waals surface area contributed by atoms with Gasteiger partial charge in [0, 0.05) is 10.2 Å². The Labute approximate surface area is 61.8 Å². The van der Waals surface area contributed by atoms with Crippen LogP contribution in [0.2, 0.25) is 0 Å². The van der Waals surface area contributed by atoms with E-state index in [1.165, 1.54) is 29.5 Å². The Morgan fingerprint density at radius 1 is 1.33 bits per heavy atom. The second-order valence-corrected chi connectivity index (χ2v) is 4.38. The summed E-state index contributed by atoms with van der Waals surface area (Å²) in [4.78, 5) is 0. The Morgan fingerprint density at radius 2 is 1.89 bits per heavy atom. The summed E-state index contributed by atoms with van der Waals surface area (Å²) in [5, 5.41) is 1.63. The Morgan fingerprint density at radius 3 is 2.22 bits per heavy atom. The van der Waals surface area contributed by atoms with Crippen LogP contribution in [0.25, 0.3) is 0 Å². The van der Waals surface area contributed by atoms with Crippen LogP contribution in [0.5, 0.6) is 0 Å². The molecule has 0 saturated carbocycles. The second-order valence-electron chi connectivity index (χ2n) is 2.88. The molecule has 0 bridgehead atoms. The number of unbranched alkanes of at least 4 members (excludes halogenated alkanes) is 1. The summed E-state index contributed by atoms with van der Waals surface area (Å²) >= 11 is 0. The first-order valence-corrected chi connectivity index (χ1v) is 4.81. The van der Waals surface area contributed by atoms with Crippen molar-refractivity contribution in [3.63, 3.8) is 0 Å². The molecule has 0 aromatic rings. The van der Waals surface area contributed by atoms with Crippen LogP contribution in [0.1, 0.15) is 40.0 Å². The molecule has 0 unspecified atom stereocenters. The molecule has 0 radical (unpaired) electrons. The summed E-state index contributed by atoms with van der Waals surface area (Å²) in [6.45, 7) is 6.75. The molecule has 0 fully saturated rings. The first kappa shape index (κ1) is 8.96. The van der Waals surface area contributed by atoms with Gasteiger partial charge in [0.15, 0.2) is 0 Å². The van der Waals surface area contributed by atoms with Gasteiger partial charge < -0.3 is 0 Å². The molecule has 0 aliphatic carbocycles. The van der Waals surface area contributed by atoms with Crippen molar-refractivity contribution in [1.82, 2.24) is 0 Å². The molecule has 0 heterocycles. The largest absolute Gasteiger partial charge is 0.0959 e. The van der Waals surface area contributed by atoms with E-state index >= 15 is 0 Å². The van der Waals surface area contributed by atoms with E-state index in [0.717, 1.165) is 0 Å². The maximum absolute atomic E-state index is 2.26. The minimum absolute atomic E-state index is 1.25. The van der Waals surface area contributed by atoms with Crippen LogP contribution in [0, 0.1) is 0 Å². The highest BCUT2D eigenvalue weighted by atomic mass is 28.1. The Kier molecular flexibility index (Phi) is 4.78. The van der Waals surface area contributed by atoms with Crippen molar-refractivity contribution in [2.45, 2.75) is 40.0 Å². The van der Waals surface area contributed by atoms with Gasteiger partial charge >= 0.3 is 0 Å². The highest BCUT2D eigenvalue weighted by Crippen LogP contribution is 2.08. The lowest BCUT2D eigenvalue weighted by molar-refractivity contribution is 0.785. The van der Waals surface area contributed by atoms with E-state index in [-0.39, 0.29) is 0 Å². The monoisotopic (exact) mass is 142 g/mol. The van der Waals surface area contributed by atoms with E-state index in [2.05, 4.69) is 20.8 Å². The van der Waals surface area contributed by atoms with E-state index in [1.54, 1.807) is 10.8 Å². The van der Waals surface area contributed by atoms with E-state index in [1.807, 2.05) is 0 Å². The van der Waals surface area contributed by atoms with E-state index in [9.17, 15) is 0 Å². The normalized spacial score (nSPS) is 13.7. The van der Waals surface area contributed by atoms with E-state index in [4.69, 9.17) is 0 Å². The van der Waals surface area contributed by atoms with Gasteiger partial charge in [-0.3, -0.25) is 0 Å². The van der Waals surface area contributed by atoms with Gasteiger partial charge in [0.1, 0.15) is 0 Å². The summed E-state index contributed by atoms with van der Waals surface area (Å²) in [7, 11) is 1.25. The molecule has 0 nitrogen and oxygen atoms in total. The third-order valence-electron chi connectivity index (χ3n) is 1.76.